The third-order valence-electron chi connectivity index (χ3n) is 2.02. The molecule has 0 aromatic heterocycles. The van der Waals surface area contributed by atoms with Crippen molar-refractivity contribution in [3.8, 4) is 0 Å². The van der Waals surface area contributed by atoms with E-state index in [1.54, 1.807) is 6.92 Å². The summed E-state index contributed by atoms with van der Waals surface area (Å²) in [6.07, 6.45) is 0. The molecule has 0 aliphatic carbocycles. The first-order valence-electron chi connectivity index (χ1n) is 4.19. The minimum absolute atomic E-state index is 0.0847. The van der Waals surface area contributed by atoms with E-state index in [-0.39, 0.29) is 5.78 Å². The van der Waals surface area contributed by atoms with Crippen LogP contribution in [0.15, 0.2) is 12.2 Å². The molecule has 68 valence electrons. The van der Waals surface area contributed by atoms with Gasteiger partial charge in [-0.2, -0.15) is 0 Å². The first kappa shape index (κ1) is 9.42. The number of carbonyl (C=O) groups excluding carboxylic acids is 1. The van der Waals surface area contributed by atoms with Crippen LogP contribution in [0.4, 0.5) is 0 Å². The van der Waals surface area contributed by atoms with E-state index in [1.807, 2.05) is 0 Å². The summed E-state index contributed by atoms with van der Waals surface area (Å²) in [4.78, 5) is 13.0. The Balaban J connectivity index is 2.29. The van der Waals surface area contributed by atoms with Gasteiger partial charge in [-0.15, -0.1) is 0 Å². The Morgan fingerprint density at radius 2 is 2.08 bits per heavy atom. The number of carbonyl (C=O) groups is 1. The fraction of sp³-hybridized carbons (Fsp3) is 0.667. The van der Waals surface area contributed by atoms with Crippen LogP contribution in [0.2, 0.25) is 0 Å². The summed E-state index contributed by atoms with van der Waals surface area (Å²) in [5, 5.41) is 0. The Morgan fingerprint density at radius 1 is 1.50 bits per heavy atom. The Bertz CT molecular complexity index is 183. The number of rotatable bonds is 3. The highest BCUT2D eigenvalue weighted by Crippen LogP contribution is 2.01. The maximum Gasteiger partial charge on any atom is 0.156 e. The molecular formula is C9H15NO2. The Labute approximate surface area is 73.0 Å². The highest BCUT2D eigenvalue weighted by Gasteiger charge is 2.12. The molecule has 0 unspecified atom stereocenters. The molecule has 3 nitrogen and oxygen atoms in total. The van der Waals surface area contributed by atoms with Gasteiger partial charge in [0.05, 0.1) is 13.2 Å². The van der Waals surface area contributed by atoms with Gasteiger partial charge in [0.2, 0.25) is 0 Å². The second-order valence-electron chi connectivity index (χ2n) is 3.05. The number of ketones is 1. The van der Waals surface area contributed by atoms with E-state index in [0.717, 1.165) is 26.3 Å². The minimum Gasteiger partial charge on any atom is -0.379 e. The average Bonchev–Trinajstić information content (AvgIpc) is 2.06. The molecule has 1 aliphatic rings. The van der Waals surface area contributed by atoms with E-state index < -0.39 is 0 Å². The molecule has 1 fully saturated rings. The van der Waals surface area contributed by atoms with E-state index in [0.29, 0.717) is 12.1 Å². The Kier molecular flexibility index (Phi) is 3.44. The summed E-state index contributed by atoms with van der Waals surface area (Å²) in [5.41, 5.74) is 0.692. The highest BCUT2D eigenvalue weighted by atomic mass is 16.5. The quantitative estimate of drug-likeness (QED) is 0.575. The van der Waals surface area contributed by atoms with E-state index in [2.05, 4.69) is 11.5 Å². The smallest absolute Gasteiger partial charge is 0.156 e. The second-order valence-corrected chi connectivity index (χ2v) is 3.05. The topological polar surface area (TPSA) is 29.5 Å². The van der Waals surface area contributed by atoms with Crippen LogP contribution < -0.4 is 0 Å². The predicted molar refractivity (Wildman–Crippen MR) is 47.1 cm³/mol. The van der Waals surface area contributed by atoms with Crippen molar-refractivity contribution >= 4 is 5.78 Å². The molecule has 0 radical (unpaired) electrons. The zero-order valence-corrected chi connectivity index (χ0v) is 7.51. The largest absolute Gasteiger partial charge is 0.379 e. The molecule has 1 heterocycles. The number of nitrogens with zero attached hydrogens (tertiary/aromatic N) is 1. The van der Waals surface area contributed by atoms with Crippen molar-refractivity contribution in [2.24, 2.45) is 0 Å². The average molecular weight is 169 g/mol. The van der Waals surface area contributed by atoms with Crippen molar-refractivity contribution in [3.05, 3.63) is 12.2 Å². The van der Waals surface area contributed by atoms with Gasteiger partial charge in [-0.1, -0.05) is 6.58 Å². The molecule has 1 saturated heterocycles. The van der Waals surface area contributed by atoms with Gasteiger partial charge in [-0.05, 0) is 6.92 Å². The monoisotopic (exact) mass is 169 g/mol. The lowest BCUT2D eigenvalue weighted by atomic mass is 10.2. The first-order chi connectivity index (χ1) is 5.70. The molecular weight excluding hydrogens is 154 g/mol. The SMILES string of the molecule is C=C(CN1CCOCC1)C(C)=O. The summed E-state index contributed by atoms with van der Waals surface area (Å²) in [6, 6.07) is 0. The van der Waals surface area contributed by atoms with Crippen molar-refractivity contribution in [2.45, 2.75) is 6.92 Å². The second kappa shape index (κ2) is 4.38. The summed E-state index contributed by atoms with van der Waals surface area (Å²) >= 11 is 0. The molecule has 1 rings (SSSR count). The predicted octanol–water partition coefficient (Wildman–Crippen LogP) is 0.464. The van der Waals surface area contributed by atoms with E-state index in [9.17, 15) is 4.79 Å². The maximum absolute atomic E-state index is 10.9. The third kappa shape index (κ3) is 2.75. The third-order valence-corrected chi connectivity index (χ3v) is 2.02. The summed E-state index contributed by atoms with van der Waals surface area (Å²) < 4.78 is 5.19. The van der Waals surface area contributed by atoms with Crippen LogP contribution in [0.5, 0.6) is 0 Å². The van der Waals surface area contributed by atoms with Crippen LogP contribution >= 0.6 is 0 Å². The molecule has 0 atom stereocenters. The molecule has 0 bridgehead atoms. The number of hydrogen-bond acceptors (Lipinski definition) is 3. The summed E-state index contributed by atoms with van der Waals surface area (Å²) in [6.45, 7) is 9.32. The zero-order chi connectivity index (χ0) is 8.97. The van der Waals surface area contributed by atoms with Crippen LogP contribution in [0, 0.1) is 0 Å². The van der Waals surface area contributed by atoms with E-state index in [4.69, 9.17) is 4.74 Å². The van der Waals surface area contributed by atoms with Gasteiger partial charge in [-0.3, -0.25) is 9.69 Å². The number of Topliss-reactive ketones (excluding diaryl/α,β-unsaturated/α-hetero) is 1. The highest BCUT2D eigenvalue weighted by molar-refractivity contribution is 5.92. The number of morpholine rings is 1. The number of hydrogen-bond donors (Lipinski definition) is 0. The van der Waals surface area contributed by atoms with Crippen molar-refractivity contribution < 1.29 is 9.53 Å². The lowest BCUT2D eigenvalue weighted by Gasteiger charge is -2.26. The van der Waals surface area contributed by atoms with E-state index >= 15 is 0 Å². The fourth-order valence-electron chi connectivity index (χ4n) is 1.14. The van der Waals surface area contributed by atoms with Crippen molar-refractivity contribution in [1.29, 1.82) is 0 Å². The van der Waals surface area contributed by atoms with Gasteiger partial charge in [-0.25, -0.2) is 0 Å². The van der Waals surface area contributed by atoms with Crippen LogP contribution in [0.25, 0.3) is 0 Å². The van der Waals surface area contributed by atoms with Crippen molar-refractivity contribution in [3.63, 3.8) is 0 Å². The zero-order valence-electron chi connectivity index (χ0n) is 7.51. The summed E-state index contributed by atoms with van der Waals surface area (Å²) in [5.74, 6) is 0.0847. The maximum atomic E-state index is 10.9. The van der Waals surface area contributed by atoms with Gasteiger partial charge in [0.25, 0.3) is 0 Å². The normalized spacial score (nSPS) is 19.1. The molecule has 0 saturated carbocycles. The van der Waals surface area contributed by atoms with Crippen LogP contribution in [-0.4, -0.2) is 43.5 Å². The first-order valence-corrected chi connectivity index (χ1v) is 4.19. The fourth-order valence-corrected chi connectivity index (χ4v) is 1.14. The van der Waals surface area contributed by atoms with Crippen LogP contribution in [-0.2, 0) is 9.53 Å². The van der Waals surface area contributed by atoms with Crippen molar-refractivity contribution in [2.75, 3.05) is 32.8 Å². The lowest BCUT2D eigenvalue weighted by Crippen LogP contribution is -2.38. The van der Waals surface area contributed by atoms with Crippen molar-refractivity contribution in [1.82, 2.24) is 4.90 Å². The Morgan fingerprint density at radius 3 is 2.58 bits per heavy atom. The standard InChI is InChI=1S/C9H15NO2/c1-8(9(2)11)7-10-3-5-12-6-4-10/h1,3-7H2,2H3. The molecule has 3 heteroatoms. The van der Waals surface area contributed by atoms with Crippen LogP contribution in [0.1, 0.15) is 6.92 Å². The molecule has 0 aromatic carbocycles. The van der Waals surface area contributed by atoms with Gasteiger partial charge in [0, 0.05) is 25.2 Å². The molecule has 0 amide bonds. The van der Waals surface area contributed by atoms with E-state index in [1.165, 1.54) is 0 Å². The molecule has 0 N–H and O–H groups in total. The van der Waals surface area contributed by atoms with Crippen LogP contribution in [0.3, 0.4) is 0 Å². The van der Waals surface area contributed by atoms with Gasteiger partial charge >= 0.3 is 0 Å². The molecule has 0 spiro atoms. The number of ether oxygens (including phenoxy) is 1. The lowest BCUT2D eigenvalue weighted by molar-refractivity contribution is -0.113. The summed E-state index contributed by atoms with van der Waals surface area (Å²) in [7, 11) is 0. The molecule has 1 aliphatic heterocycles. The minimum atomic E-state index is 0.0847. The van der Waals surface area contributed by atoms with Gasteiger partial charge < -0.3 is 4.74 Å². The van der Waals surface area contributed by atoms with Gasteiger partial charge in [0.15, 0.2) is 5.78 Å². The Hall–Kier alpha value is -0.670. The van der Waals surface area contributed by atoms with Gasteiger partial charge in [0.1, 0.15) is 0 Å². The molecule has 0 aromatic rings. The molecule has 12 heavy (non-hydrogen) atoms.